The van der Waals surface area contributed by atoms with E-state index in [0.717, 1.165) is 6.42 Å². The minimum absolute atomic E-state index is 0.0112. The number of nitrogens with zero attached hydrogens (tertiary/aromatic N) is 5. The maximum absolute atomic E-state index is 13.3. The number of aryl methyl sites for hydroxylation is 1. The SMILES string of the molecule is CCC(C)C(C(=O)N1CCN(C(=O)OC(C)(C)C)CC1)n1cc(CCC(=O)[O-])nn1. The first-order valence-corrected chi connectivity index (χ1v) is 10.4. The summed E-state index contributed by atoms with van der Waals surface area (Å²) in [6.45, 7) is 11.1. The molecular weight excluding hydrogens is 390 g/mol. The van der Waals surface area contributed by atoms with Crippen LogP contribution in [0, 0.1) is 5.92 Å². The van der Waals surface area contributed by atoms with E-state index in [0.29, 0.717) is 31.9 Å². The molecule has 2 unspecified atom stereocenters. The Morgan fingerprint density at radius 1 is 1.17 bits per heavy atom. The number of carbonyl (C=O) groups is 3. The smallest absolute Gasteiger partial charge is 0.410 e. The lowest BCUT2D eigenvalue weighted by Gasteiger charge is -2.37. The van der Waals surface area contributed by atoms with Gasteiger partial charge in [0, 0.05) is 38.3 Å². The van der Waals surface area contributed by atoms with E-state index in [1.54, 1.807) is 16.0 Å². The molecule has 1 aliphatic heterocycles. The van der Waals surface area contributed by atoms with E-state index in [9.17, 15) is 19.5 Å². The predicted octanol–water partition coefficient (Wildman–Crippen LogP) is 0.627. The van der Waals surface area contributed by atoms with E-state index >= 15 is 0 Å². The standard InChI is InChI=1S/C20H33N5O5/c1-6-14(2)17(25-13-15(21-22-25)7-8-16(26)27)18(28)23-9-11-24(12-10-23)19(29)30-20(3,4)5/h13-14,17H,6-12H2,1-5H3,(H,26,27)/p-1. The van der Waals surface area contributed by atoms with Crippen LogP contribution in [0.3, 0.4) is 0 Å². The number of carboxylic acid groups (broad SMARTS) is 1. The molecule has 0 radical (unpaired) electrons. The first-order chi connectivity index (χ1) is 14.0. The lowest BCUT2D eigenvalue weighted by molar-refractivity contribution is -0.305. The van der Waals surface area contributed by atoms with Gasteiger partial charge >= 0.3 is 6.09 Å². The van der Waals surface area contributed by atoms with Crippen molar-refractivity contribution in [3.63, 3.8) is 0 Å². The number of carboxylic acids is 1. The van der Waals surface area contributed by atoms with Gasteiger partial charge in [-0.2, -0.15) is 0 Å². The van der Waals surface area contributed by atoms with E-state index in [4.69, 9.17) is 4.74 Å². The van der Waals surface area contributed by atoms with Crippen LogP contribution in [0.4, 0.5) is 4.79 Å². The number of piperazine rings is 1. The maximum atomic E-state index is 13.3. The molecule has 1 aromatic heterocycles. The summed E-state index contributed by atoms with van der Waals surface area (Å²) in [6.07, 6.45) is 2.09. The minimum Gasteiger partial charge on any atom is -0.550 e. The predicted molar refractivity (Wildman–Crippen MR) is 106 cm³/mol. The topological polar surface area (TPSA) is 121 Å². The second-order valence-corrected chi connectivity index (χ2v) is 8.68. The van der Waals surface area contributed by atoms with Crippen molar-refractivity contribution < 1.29 is 24.2 Å². The summed E-state index contributed by atoms with van der Waals surface area (Å²) in [5, 5.41) is 18.8. The van der Waals surface area contributed by atoms with Gasteiger partial charge < -0.3 is 24.4 Å². The van der Waals surface area contributed by atoms with Crippen LogP contribution in [0.25, 0.3) is 0 Å². The number of ether oxygens (including phenoxy) is 1. The van der Waals surface area contributed by atoms with E-state index in [1.165, 1.54) is 4.68 Å². The summed E-state index contributed by atoms with van der Waals surface area (Å²) in [5.74, 6) is -1.22. The lowest BCUT2D eigenvalue weighted by Crippen LogP contribution is -2.53. The first-order valence-electron chi connectivity index (χ1n) is 10.4. The van der Waals surface area contributed by atoms with Gasteiger partial charge in [0.05, 0.1) is 5.69 Å². The summed E-state index contributed by atoms with van der Waals surface area (Å²) in [4.78, 5) is 39.5. The number of rotatable bonds is 7. The van der Waals surface area contributed by atoms with Gasteiger partial charge in [-0.25, -0.2) is 9.48 Å². The monoisotopic (exact) mass is 422 g/mol. The van der Waals surface area contributed by atoms with Gasteiger partial charge in [0.1, 0.15) is 11.6 Å². The van der Waals surface area contributed by atoms with Gasteiger partial charge in [0.15, 0.2) is 0 Å². The number of carbonyl (C=O) groups excluding carboxylic acids is 3. The van der Waals surface area contributed by atoms with Gasteiger partial charge in [0.25, 0.3) is 0 Å². The molecule has 0 aliphatic carbocycles. The van der Waals surface area contributed by atoms with Crippen LogP contribution in [-0.4, -0.2) is 74.5 Å². The Bertz CT molecular complexity index is 749. The van der Waals surface area contributed by atoms with Gasteiger partial charge in [0.2, 0.25) is 5.91 Å². The quantitative estimate of drug-likeness (QED) is 0.632. The highest BCUT2D eigenvalue weighted by Crippen LogP contribution is 2.24. The van der Waals surface area contributed by atoms with E-state index in [-0.39, 0.29) is 30.8 Å². The molecule has 2 amide bonds. The molecule has 30 heavy (non-hydrogen) atoms. The highest BCUT2D eigenvalue weighted by molar-refractivity contribution is 5.81. The average molecular weight is 423 g/mol. The maximum Gasteiger partial charge on any atom is 0.410 e. The van der Waals surface area contributed by atoms with Crippen LogP contribution < -0.4 is 5.11 Å². The van der Waals surface area contributed by atoms with Crippen molar-refractivity contribution >= 4 is 18.0 Å². The fraction of sp³-hybridized carbons (Fsp3) is 0.750. The van der Waals surface area contributed by atoms with E-state index < -0.39 is 17.6 Å². The molecule has 1 fully saturated rings. The largest absolute Gasteiger partial charge is 0.550 e. The zero-order chi connectivity index (χ0) is 22.5. The fourth-order valence-electron chi connectivity index (χ4n) is 3.26. The normalized spacial score (nSPS) is 16.8. The Labute approximate surface area is 177 Å². The number of amides is 2. The van der Waals surface area contributed by atoms with Gasteiger partial charge in [-0.05, 0) is 39.5 Å². The molecule has 0 N–H and O–H groups in total. The molecule has 2 heterocycles. The Kier molecular flexibility index (Phi) is 7.80. The Balaban J connectivity index is 2.04. The molecule has 10 nitrogen and oxygen atoms in total. The van der Waals surface area contributed by atoms with Crippen LogP contribution >= 0.6 is 0 Å². The molecular formula is C20H32N5O5-. The molecule has 0 aromatic carbocycles. The third-order valence-corrected chi connectivity index (χ3v) is 5.11. The van der Waals surface area contributed by atoms with Crippen molar-refractivity contribution in [2.24, 2.45) is 5.92 Å². The zero-order valence-electron chi connectivity index (χ0n) is 18.5. The minimum atomic E-state index is -1.15. The van der Waals surface area contributed by atoms with Crippen molar-refractivity contribution in [2.45, 2.75) is 65.5 Å². The molecule has 10 heteroatoms. The molecule has 1 aliphatic rings. The average Bonchev–Trinajstić information content (AvgIpc) is 3.13. The molecule has 1 saturated heterocycles. The Morgan fingerprint density at radius 2 is 1.77 bits per heavy atom. The second-order valence-electron chi connectivity index (χ2n) is 8.68. The van der Waals surface area contributed by atoms with Gasteiger partial charge in [-0.1, -0.05) is 25.5 Å². The Morgan fingerprint density at radius 3 is 2.30 bits per heavy atom. The second kappa shape index (κ2) is 9.90. The van der Waals surface area contributed by atoms with Crippen LogP contribution in [0.2, 0.25) is 0 Å². The van der Waals surface area contributed by atoms with Crippen LogP contribution in [0.1, 0.15) is 59.2 Å². The molecule has 0 spiro atoms. The Hall–Kier alpha value is -2.65. The highest BCUT2D eigenvalue weighted by Gasteiger charge is 2.34. The summed E-state index contributed by atoms with van der Waals surface area (Å²) in [7, 11) is 0. The molecule has 2 atom stereocenters. The molecule has 2 rings (SSSR count). The van der Waals surface area contributed by atoms with Crippen LogP contribution in [0.5, 0.6) is 0 Å². The third-order valence-electron chi connectivity index (χ3n) is 5.11. The summed E-state index contributed by atoms with van der Waals surface area (Å²) >= 11 is 0. The number of aromatic nitrogens is 3. The van der Waals surface area contributed by atoms with Crippen molar-refractivity contribution in [2.75, 3.05) is 26.2 Å². The van der Waals surface area contributed by atoms with Crippen LogP contribution in [0.15, 0.2) is 6.20 Å². The molecule has 0 saturated carbocycles. The van der Waals surface area contributed by atoms with E-state index in [1.807, 2.05) is 34.6 Å². The number of hydrogen-bond acceptors (Lipinski definition) is 7. The third kappa shape index (κ3) is 6.43. The van der Waals surface area contributed by atoms with Crippen molar-refractivity contribution in [1.29, 1.82) is 0 Å². The van der Waals surface area contributed by atoms with Gasteiger partial charge in [-0.15, -0.1) is 5.10 Å². The summed E-state index contributed by atoms with van der Waals surface area (Å²) in [5.41, 5.74) is -0.0530. The number of hydrogen-bond donors (Lipinski definition) is 0. The lowest BCUT2D eigenvalue weighted by atomic mass is 9.97. The molecule has 168 valence electrons. The van der Waals surface area contributed by atoms with Crippen LogP contribution in [-0.2, 0) is 20.7 Å². The van der Waals surface area contributed by atoms with Crippen molar-refractivity contribution in [3.05, 3.63) is 11.9 Å². The first kappa shape index (κ1) is 23.6. The summed E-state index contributed by atoms with van der Waals surface area (Å²) < 4.78 is 6.93. The zero-order valence-corrected chi connectivity index (χ0v) is 18.5. The summed E-state index contributed by atoms with van der Waals surface area (Å²) in [6, 6.07) is -0.535. The van der Waals surface area contributed by atoms with Gasteiger partial charge in [-0.3, -0.25) is 4.79 Å². The molecule has 0 bridgehead atoms. The number of aliphatic carboxylic acids is 1. The van der Waals surface area contributed by atoms with Crippen molar-refractivity contribution in [1.82, 2.24) is 24.8 Å². The van der Waals surface area contributed by atoms with Crippen molar-refractivity contribution in [3.8, 4) is 0 Å². The highest BCUT2D eigenvalue weighted by atomic mass is 16.6. The fourth-order valence-corrected chi connectivity index (χ4v) is 3.26. The van der Waals surface area contributed by atoms with E-state index in [2.05, 4.69) is 10.3 Å². The molecule has 1 aromatic rings.